The number of likely N-dealkylation sites (tertiary alicyclic amines) is 1. The molecule has 1 aromatic rings. The molecule has 1 saturated carbocycles. The van der Waals surface area contributed by atoms with E-state index in [2.05, 4.69) is 32.8 Å². The van der Waals surface area contributed by atoms with Gasteiger partial charge in [0.25, 0.3) is 0 Å². The summed E-state index contributed by atoms with van der Waals surface area (Å²) in [5.74, 6) is 1.10. The van der Waals surface area contributed by atoms with Gasteiger partial charge in [0, 0.05) is 24.4 Å². The van der Waals surface area contributed by atoms with E-state index in [0.717, 1.165) is 36.1 Å². The Morgan fingerprint density at radius 2 is 2.19 bits per heavy atom. The quantitative estimate of drug-likeness (QED) is 0.732. The summed E-state index contributed by atoms with van der Waals surface area (Å²) in [7, 11) is 2.25. The predicted octanol–water partition coefficient (Wildman–Crippen LogP) is 1.39. The van der Waals surface area contributed by atoms with Gasteiger partial charge in [-0.2, -0.15) is 0 Å². The van der Waals surface area contributed by atoms with Crippen LogP contribution in [0.1, 0.15) is 38.5 Å². The Hall–Kier alpha value is -0.660. The van der Waals surface area contributed by atoms with Crippen LogP contribution in [0.5, 0.6) is 0 Å². The zero-order valence-corrected chi connectivity index (χ0v) is 13.7. The zero-order chi connectivity index (χ0) is 14.5. The second-order valence-electron chi connectivity index (χ2n) is 6.18. The van der Waals surface area contributed by atoms with E-state index in [-0.39, 0.29) is 0 Å². The van der Waals surface area contributed by atoms with Gasteiger partial charge in [0.2, 0.25) is 5.16 Å². The molecule has 7 heteroatoms. The molecule has 0 radical (unpaired) electrons. The Balaban J connectivity index is 1.38. The average molecular weight is 310 g/mol. The number of rotatable bonds is 8. The van der Waals surface area contributed by atoms with Gasteiger partial charge in [-0.15, -0.1) is 5.10 Å². The van der Waals surface area contributed by atoms with Crippen LogP contribution in [0.2, 0.25) is 0 Å². The van der Waals surface area contributed by atoms with Gasteiger partial charge in [-0.25, -0.2) is 4.68 Å². The smallest absolute Gasteiger partial charge is 0.209 e. The fraction of sp³-hybridized carbons (Fsp3) is 0.929. The molecule has 1 unspecified atom stereocenters. The van der Waals surface area contributed by atoms with Crippen LogP contribution in [0, 0.1) is 0 Å². The first-order valence-corrected chi connectivity index (χ1v) is 9.14. The molecule has 21 heavy (non-hydrogen) atoms. The molecule has 0 spiro atoms. The number of hydrogen-bond acceptors (Lipinski definition) is 6. The third kappa shape index (κ3) is 4.66. The number of nitrogens with zero attached hydrogens (tertiary/aromatic N) is 5. The molecule has 0 amide bonds. The molecule has 3 rings (SSSR count). The van der Waals surface area contributed by atoms with Crippen molar-refractivity contribution >= 4 is 11.8 Å². The maximum absolute atomic E-state index is 4.15. The Bertz CT molecular complexity index is 433. The van der Waals surface area contributed by atoms with Crippen molar-refractivity contribution in [3.63, 3.8) is 0 Å². The van der Waals surface area contributed by atoms with Gasteiger partial charge in [-0.1, -0.05) is 18.2 Å². The van der Waals surface area contributed by atoms with E-state index < -0.39 is 0 Å². The molecular weight excluding hydrogens is 284 g/mol. The van der Waals surface area contributed by atoms with Crippen molar-refractivity contribution in [2.45, 2.75) is 62.3 Å². The summed E-state index contributed by atoms with van der Waals surface area (Å²) in [5.41, 5.74) is 0. The van der Waals surface area contributed by atoms with Crippen LogP contribution < -0.4 is 5.32 Å². The second kappa shape index (κ2) is 7.56. The maximum Gasteiger partial charge on any atom is 0.209 e. The minimum Gasteiger partial charge on any atom is -0.312 e. The molecule has 2 aliphatic rings. The van der Waals surface area contributed by atoms with Crippen molar-refractivity contribution in [2.75, 3.05) is 25.9 Å². The van der Waals surface area contributed by atoms with E-state index >= 15 is 0 Å². The Kier molecular flexibility index (Phi) is 5.49. The van der Waals surface area contributed by atoms with Crippen LogP contribution in [0.25, 0.3) is 0 Å². The highest BCUT2D eigenvalue weighted by molar-refractivity contribution is 7.99. The SMILES string of the molecule is CN1CCCCC1CCSc1nnnn1CCNC1CC1. The van der Waals surface area contributed by atoms with Crippen molar-refractivity contribution in [3.8, 4) is 0 Å². The fourth-order valence-corrected chi connectivity index (χ4v) is 3.84. The van der Waals surface area contributed by atoms with Crippen LogP contribution in [0.4, 0.5) is 0 Å². The van der Waals surface area contributed by atoms with Crippen LogP contribution in [-0.2, 0) is 6.54 Å². The third-order valence-corrected chi connectivity index (χ3v) is 5.43. The Morgan fingerprint density at radius 1 is 1.29 bits per heavy atom. The standard InChI is InChI=1S/C14H26N6S/c1-19-9-3-2-4-13(19)7-11-21-14-16-17-18-20(14)10-8-15-12-5-6-12/h12-13,15H,2-11H2,1H3. The second-order valence-corrected chi connectivity index (χ2v) is 7.24. The lowest BCUT2D eigenvalue weighted by molar-refractivity contribution is 0.182. The number of piperidine rings is 1. The highest BCUT2D eigenvalue weighted by atomic mass is 32.2. The van der Waals surface area contributed by atoms with Crippen molar-refractivity contribution in [1.29, 1.82) is 0 Å². The first-order valence-electron chi connectivity index (χ1n) is 8.15. The minimum absolute atomic E-state index is 0.743. The molecule has 2 heterocycles. The minimum atomic E-state index is 0.743. The normalized spacial score (nSPS) is 23.6. The van der Waals surface area contributed by atoms with Gasteiger partial charge in [-0.05, 0) is 56.1 Å². The third-order valence-electron chi connectivity index (χ3n) is 4.44. The van der Waals surface area contributed by atoms with Gasteiger partial charge in [0.05, 0.1) is 6.54 Å². The molecule has 1 N–H and O–H groups in total. The molecular formula is C14H26N6S. The lowest BCUT2D eigenvalue weighted by Gasteiger charge is -2.32. The molecule has 1 atom stereocenters. The molecule has 1 aliphatic heterocycles. The van der Waals surface area contributed by atoms with Crippen molar-refractivity contribution in [1.82, 2.24) is 30.4 Å². The number of thioether (sulfide) groups is 1. The van der Waals surface area contributed by atoms with Gasteiger partial charge < -0.3 is 10.2 Å². The molecule has 6 nitrogen and oxygen atoms in total. The Labute approximate surface area is 131 Å². The molecule has 1 aromatic heterocycles. The summed E-state index contributed by atoms with van der Waals surface area (Å²) in [6.07, 6.45) is 7.95. The fourth-order valence-electron chi connectivity index (χ4n) is 2.90. The average Bonchev–Trinajstić information content (AvgIpc) is 3.20. The first kappa shape index (κ1) is 15.2. The monoisotopic (exact) mass is 310 g/mol. The number of nitrogens with one attached hydrogen (secondary N) is 1. The highest BCUT2D eigenvalue weighted by Crippen LogP contribution is 2.22. The summed E-state index contributed by atoms with van der Waals surface area (Å²) < 4.78 is 1.94. The van der Waals surface area contributed by atoms with Gasteiger partial charge in [0.15, 0.2) is 0 Å². The van der Waals surface area contributed by atoms with E-state index in [1.165, 1.54) is 45.1 Å². The topological polar surface area (TPSA) is 58.9 Å². The summed E-state index contributed by atoms with van der Waals surface area (Å²) in [6, 6.07) is 1.49. The van der Waals surface area contributed by atoms with E-state index in [1.54, 1.807) is 11.8 Å². The van der Waals surface area contributed by atoms with Crippen LogP contribution >= 0.6 is 11.8 Å². The van der Waals surface area contributed by atoms with E-state index in [1.807, 2.05) is 4.68 Å². The van der Waals surface area contributed by atoms with E-state index in [9.17, 15) is 0 Å². The summed E-state index contributed by atoms with van der Waals surface area (Å²) in [5, 5.41) is 16.5. The van der Waals surface area contributed by atoms with Crippen LogP contribution in [-0.4, -0.2) is 63.1 Å². The molecule has 0 aromatic carbocycles. The van der Waals surface area contributed by atoms with Gasteiger partial charge in [-0.3, -0.25) is 0 Å². The summed E-state index contributed by atoms with van der Waals surface area (Å²) in [4.78, 5) is 2.51. The molecule has 118 valence electrons. The van der Waals surface area contributed by atoms with E-state index in [0.29, 0.717) is 0 Å². The summed E-state index contributed by atoms with van der Waals surface area (Å²) in [6.45, 7) is 3.09. The van der Waals surface area contributed by atoms with Crippen molar-refractivity contribution < 1.29 is 0 Å². The van der Waals surface area contributed by atoms with Crippen molar-refractivity contribution in [3.05, 3.63) is 0 Å². The molecule has 2 fully saturated rings. The largest absolute Gasteiger partial charge is 0.312 e. The van der Waals surface area contributed by atoms with Gasteiger partial charge in [0.1, 0.15) is 0 Å². The molecule has 1 aliphatic carbocycles. The van der Waals surface area contributed by atoms with Gasteiger partial charge >= 0.3 is 0 Å². The van der Waals surface area contributed by atoms with Crippen molar-refractivity contribution in [2.24, 2.45) is 0 Å². The zero-order valence-electron chi connectivity index (χ0n) is 12.9. The number of aromatic nitrogens is 4. The van der Waals surface area contributed by atoms with E-state index in [4.69, 9.17) is 0 Å². The van der Waals surface area contributed by atoms with Crippen LogP contribution in [0.15, 0.2) is 5.16 Å². The number of tetrazole rings is 1. The molecule has 1 saturated heterocycles. The lowest BCUT2D eigenvalue weighted by atomic mass is 10.0. The summed E-state index contributed by atoms with van der Waals surface area (Å²) >= 11 is 1.80. The Morgan fingerprint density at radius 3 is 3.00 bits per heavy atom. The van der Waals surface area contributed by atoms with Crippen LogP contribution in [0.3, 0.4) is 0 Å². The first-order chi connectivity index (χ1) is 10.3. The predicted molar refractivity (Wildman–Crippen MR) is 84.5 cm³/mol. The maximum atomic E-state index is 4.15. The number of hydrogen-bond donors (Lipinski definition) is 1. The highest BCUT2D eigenvalue weighted by Gasteiger charge is 2.20. The molecule has 0 bridgehead atoms. The lowest BCUT2D eigenvalue weighted by Crippen LogP contribution is -2.36.